The number of pyridine rings is 1. The van der Waals surface area contributed by atoms with Crippen molar-refractivity contribution < 1.29 is 26.3 Å². The molecule has 3 aromatic rings. The van der Waals surface area contributed by atoms with Crippen molar-refractivity contribution in [2.45, 2.75) is 38.2 Å². The minimum atomic E-state index is -4.50. The highest BCUT2D eigenvalue weighted by Gasteiger charge is 2.39. The topological polar surface area (TPSA) is 40.4 Å². The highest BCUT2D eigenvalue weighted by atomic mass is 35.5. The Kier molecular flexibility index (Phi) is 7.93. The van der Waals surface area contributed by atoms with Gasteiger partial charge in [-0.2, -0.15) is 31.4 Å². The standard InChI is InChI=1S/C27H29ClF6N6/c1-18-14-36-40(25(18)27(32,33)34)21-3-2-8-39(16-21)23-13-20(28)5-6-22(23)19-4-7-24(35-15-19)38-11-9-37(10-12-38)17-26(29,30)31/h4-7,13-15,21H,2-3,8-12,16-17H2,1H3. The van der Waals surface area contributed by atoms with Gasteiger partial charge in [-0.3, -0.25) is 9.58 Å². The van der Waals surface area contributed by atoms with Gasteiger partial charge in [0.1, 0.15) is 11.5 Å². The van der Waals surface area contributed by atoms with Crippen LogP contribution in [0.3, 0.4) is 0 Å². The van der Waals surface area contributed by atoms with Crippen molar-refractivity contribution in [3.05, 3.63) is 59.0 Å². The summed E-state index contributed by atoms with van der Waals surface area (Å²) in [5.41, 5.74) is 1.82. The maximum atomic E-state index is 13.8. The minimum absolute atomic E-state index is 0.0981. The molecular formula is C27H29ClF6N6. The zero-order valence-electron chi connectivity index (χ0n) is 21.8. The fourth-order valence-corrected chi connectivity index (χ4v) is 5.75. The van der Waals surface area contributed by atoms with E-state index in [1.165, 1.54) is 18.0 Å². The number of aryl methyl sites for hydroxylation is 1. The third kappa shape index (κ3) is 6.33. The van der Waals surface area contributed by atoms with Crippen LogP contribution in [0.1, 0.15) is 30.1 Å². The van der Waals surface area contributed by atoms with Crippen LogP contribution in [0.5, 0.6) is 0 Å². The Balaban J connectivity index is 1.34. The van der Waals surface area contributed by atoms with E-state index in [1.54, 1.807) is 12.3 Å². The second-order valence-electron chi connectivity index (χ2n) is 10.3. The Hall–Kier alpha value is -2.99. The molecule has 2 aliphatic heterocycles. The van der Waals surface area contributed by atoms with Crippen molar-refractivity contribution >= 4 is 23.1 Å². The Bertz CT molecular complexity index is 1310. The number of hydrogen-bond acceptors (Lipinski definition) is 5. The van der Waals surface area contributed by atoms with Crippen LogP contribution in [0, 0.1) is 6.92 Å². The Labute approximate surface area is 233 Å². The monoisotopic (exact) mass is 586 g/mol. The van der Waals surface area contributed by atoms with E-state index >= 15 is 0 Å². The van der Waals surface area contributed by atoms with Gasteiger partial charge in [-0.25, -0.2) is 4.98 Å². The number of benzene rings is 1. The van der Waals surface area contributed by atoms with Gasteiger partial charge in [0.25, 0.3) is 0 Å². The van der Waals surface area contributed by atoms with Gasteiger partial charge in [0, 0.05) is 67.3 Å². The van der Waals surface area contributed by atoms with Gasteiger partial charge < -0.3 is 9.80 Å². The molecular weight excluding hydrogens is 558 g/mol. The van der Waals surface area contributed by atoms with Gasteiger partial charge in [0.15, 0.2) is 0 Å². The first-order chi connectivity index (χ1) is 18.9. The summed E-state index contributed by atoms with van der Waals surface area (Å²) in [6, 6.07) is 8.72. The van der Waals surface area contributed by atoms with Crippen LogP contribution >= 0.6 is 11.6 Å². The van der Waals surface area contributed by atoms with Gasteiger partial charge in [-0.05, 0) is 49.6 Å². The second kappa shape index (κ2) is 11.1. The van der Waals surface area contributed by atoms with Crippen molar-refractivity contribution in [2.24, 2.45) is 0 Å². The van der Waals surface area contributed by atoms with Crippen LogP contribution in [0.4, 0.5) is 37.8 Å². The highest BCUT2D eigenvalue weighted by Crippen LogP contribution is 2.39. The number of alkyl halides is 6. The number of hydrogen-bond donors (Lipinski definition) is 0. The summed E-state index contributed by atoms with van der Waals surface area (Å²) in [6.07, 6.45) is -4.49. The van der Waals surface area contributed by atoms with Gasteiger partial charge in [-0.1, -0.05) is 17.7 Å². The Morgan fingerprint density at radius 3 is 2.33 bits per heavy atom. The largest absolute Gasteiger partial charge is 0.433 e. The van der Waals surface area contributed by atoms with E-state index in [1.807, 2.05) is 34.1 Å². The van der Waals surface area contributed by atoms with Crippen molar-refractivity contribution in [1.29, 1.82) is 0 Å². The van der Waals surface area contributed by atoms with E-state index in [0.29, 0.717) is 63.0 Å². The summed E-state index contributed by atoms with van der Waals surface area (Å²) in [7, 11) is 0. The predicted octanol–water partition coefficient (Wildman–Crippen LogP) is 6.45. The molecule has 0 amide bonds. The molecule has 2 aliphatic rings. The average molecular weight is 587 g/mol. The average Bonchev–Trinajstić information content (AvgIpc) is 3.30. The normalized spacial score (nSPS) is 19.4. The van der Waals surface area contributed by atoms with E-state index < -0.39 is 30.6 Å². The molecule has 0 spiro atoms. The van der Waals surface area contributed by atoms with Crippen LogP contribution in [-0.2, 0) is 6.18 Å². The van der Waals surface area contributed by atoms with Gasteiger partial charge in [-0.15, -0.1) is 0 Å². The first kappa shape index (κ1) is 28.5. The number of piperazine rings is 1. The lowest BCUT2D eigenvalue weighted by molar-refractivity contribution is -0.146. The van der Waals surface area contributed by atoms with E-state index in [9.17, 15) is 26.3 Å². The lowest BCUT2D eigenvalue weighted by Gasteiger charge is -2.36. The summed E-state index contributed by atoms with van der Waals surface area (Å²) in [6.45, 7) is 2.97. The molecule has 40 heavy (non-hydrogen) atoms. The van der Waals surface area contributed by atoms with Crippen LogP contribution in [0.2, 0.25) is 5.02 Å². The summed E-state index contributed by atoms with van der Waals surface area (Å²) >= 11 is 6.35. The number of rotatable bonds is 5. The van der Waals surface area contributed by atoms with Crippen LogP contribution in [0.25, 0.3) is 11.1 Å². The van der Waals surface area contributed by atoms with Gasteiger partial charge in [0.2, 0.25) is 0 Å². The molecule has 1 atom stereocenters. The first-order valence-corrected chi connectivity index (χ1v) is 13.4. The number of nitrogens with zero attached hydrogens (tertiary/aromatic N) is 6. The third-order valence-electron chi connectivity index (χ3n) is 7.45. The van der Waals surface area contributed by atoms with Crippen molar-refractivity contribution in [2.75, 3.05) is 55.6 Å². The minimum Gasteiger partial charge on any atom is -0.369 e. The summed E-state index contributed by atoms with van der Waals surface area (Å²) < 4.78 is 80.5. The number of piperidine rings is 1. The first-order valence-electron chi connectivity index (χ1n) is 13.1. The molecule has 13 heteroatoms. The van der Waals surface area contributed by atoms with Gasteiger partial charge >= 0.3 is 12.4 Å². The zero-order valence-corrected chi connectivity index (χ0v) is 22.6. The number of halogens is 7. The van der Waals surface area contributed by atoms with Crippen LogP contribution in [0.15, 0.2) is 42.7 Å². The SMILES string of the molecule is Cc1cnn(C2CCCN(c3cc(Cl)ccc3-c3ccc(N4CCN(CC(F)(F)F)CC4)nc3)C2)c1C(F)(F)F. The Morgan fingerprint density at radius 2 is 1.68 bits per heavy atom. The summed E-state index contributed by atoms with van der Waals surface area (Å²) in [4.78, 5) is 9.97. The molecule has 4 heterocycles. The highest BCUT2D eigenvalue weighted by molar-refractivity contribution is 6.31. The maximum absolute atomic E-state index is 13.8. The molecule has 1 unspecified atom stereocenters. The van der Waals surface area contributed by atoms with E-state index in [2.05, 4.69) is 10.1 Å². The number of anilines is 2. The fraction of sp³-hybridized carbons (Fsp3) is 0.481. The molecule has 2 aromatic heterocycles. The molecule has 0 saturated carbocycles. The molecule has 5 rings (SSSR count). The second-order valence-corrected chi connectivity index (χ2v) is 10.7. The summed E-state index contributed by atoms with van der Waals surface area (Å²) in [5.74, 6) is 0.678. The Morgan fingerprint density at radius 1 is 0.925 bits per heavy atom. The fourth-order valence-electron chi connectivity index (χ4n) is 5.58. The van der Waals surface area contributed by atoms with E-state index in [-0.39, 0.29) is 5.56 Å². The molecule has 0 radical (unpaired) electrons. The van der Waals surface area contributed by atoms with Crippen molar-refractivity contribution in [3.63, 3.8) is 0 Å². The van der Waals surface area contributed by atoms with E-state index in [4.69, 9.17) is 11.6 Å². The molecule has 0 bridgehead atoms. The lowest BCUT2D eigenvalue weighted by atomic mass is 10.00. The lowest BCUT2D eigenvalue weighted by Crippen LogP contribution is -2.49. The quantitative estimate of drug-likeness (QED) is 0.321. The molecule has 216 valence electrons. The maximum Gasteiger partial charge on any atom is 0.433 e. The molecule has 0 aliphatic carbocycles. The number of aromatic nitrogens is 3. The van der Waals surface area contributed by atoms with Gasteiger partial charge in [0.05, 0.1) is 18.8 Å². The molecule has 1 aromatic carbocycles. The third-order valence-corrected chi connectivity index (χ3v) is 7.68. The van der Waals surface area contributed by atoms with Crippen molar-refractivity contribution in [1.82, 2.24) is 19.7 Å². The van der Waals surface area contributed by atoms with Crippen molar-refractivity contribution in [3.8, 4) is 11.1 Å². The zero-order chi connectivity index (χ0) is 28.7. The van der Waals surface area contributed by atoms with E-state index in [0.717, 1.165) is 21.5 Å². The molecule has 6 nitrogen and oxygen atoms in total. The predicted molar refractivity (Wildman–Crippen MR) is 142 cm³/mol. The molecule has 0 N–H and O–H groups in total. The summed E-state index contributed by atoms with van der Waals surface area (Å²) in [5, 5.41) is 4.59. The molecule has 2 fully saturated rings. The smallest absolute Gasteiger partial charge is 0.369 e. The van der Waals surface area contributed by atoms with Crippen LogP contribution < -0.4 is 9.80 Å². The van der Waals surface area contributed by atoms with Crippen LogP contribution in [-0.4, -0.2) is 71.7 Å². The molecule has 2 saturated heterocycles.